The van der Waals surface area contributed by atoms with Crippen LogP contribution in [-0.2, 0) is 0 Å². The van der Waals surface area contributed by atoms with E-state index < -0.39 is 0 Å². The van der Waals surface area contributed by atoms with E-state index in [0.717, 1.165) is 31.9 Å². The lowest BCUT2D eigenvalue weighted by Gasteiger charge is -2.29. The molecule has 1 aromatic rings. The Morgan fingerprint density at radius 2 is 2.12 bits per heavy atom. The summed E-state index contributed by atoms with van der Waals surface area (Å²) in [5.41, 5.74) is 1.71. The molecule has 1 saturated heterocycles. The molecule has 1 N–H and O–H groups in total. The minimum atomic E-state index is 0.585. The van der Waals surface area contributed by atoms with Crippen LogP contribution in [0.2, 0.25) is 0 Å². The maximum Gasteiger partial charge on any atom is 0.138 e. The lowest BCUT2D eigenvalue weighted by atomic mass is 10.1. The summed E-state index contributed by atoms with van der Waals surface area (Å²) in [7, 11) is 1.59. The van der Waals surface area contributed by atoms with Crippen LogP contribution in [0.4, 0.5) is 5.69 Å². The number of piperazine rings is 1. The highest BCUT2D eigenvalue weighted by atomic mass is 16.5. The Morgan fingerprint density at radius 3 is 2.75 bits per heavy atom. The van der Waals surface area contributed by atoms with Gasteiger partial charge in [-0.2, -0.15) is 5.26 Å². The van der Waals surface area contributed by atoms with Crippen molar-refractivity contribution in [3.63, 3.8) is 0 Å². The molecule has 84 valence electrons. The molecule has 0 aromatic heterocycles. The van der Waals surface area contributed by atoms with Crippen molar-refractivity contribution in [1.29, 1.82) is 5.26 Å². The van der Waals surface area contributed by atoms with Gasteiger partial charge < -0.3 is 15.0 Å². The van der Waals surface area contributed by atoms with Crippen LogP contribution < -0.4 is 15.0 Å². The molecule has 1 aromatic carbocycles. The summed E-state index contributed by atoms with van der Waals surface area (Å²) in [4.78, 5) is 2.29. The summed E-state index contributed by atoms with van der Waals surface area (Å²) in [5.74, 6) is 0.651. The van der Waals surface area contributed by atoms with Crippen molar-refractivity contribution in [2.24, 2.45) is 0 Å². The van der Waals surface area contributed by atoms with Crippen LogP contribution >= 0.6 is 0 Å². The topological polar surface area (TPSA) is 48.3 Å². The number of nitriles is 1. The first-order chi connectivity index (χ1) is 7.85. The third-order valence-electron chi connectivity index (χ3n) is 2.79. The molecule has 1 fully saturated rings. The van der Waals surface area contributed by atoms with E-state index in [0.29, 0.717) is 11.3 Å². The Hall–Kier alpha value is -1.73. The number of rotatable bonds is 2. The van der Waals surface area contributed by atoms with Gasteiger partial charge in [-0.3, -0.25) is 0 Å². The Morgan fingerprint density at radius 1 is 1.38 bits per heavy atom. The second kappa shape index (κ2) is 4.86. The highest BCUT2D eigenvalue weighted by Gasteiger charge is 2.12. The highest BCUT2D eigenvalue weighted by molar-refractivity contribution is 5.57. The number of ether oxygens (including phenoxy) is 1. The summed E-state index contributed by atoms with van der Waals surface area (Å²) < 4.78 is 5.20. The lowest BCUT2D eigenvalue weighted by molar-refractivity contribution is 0.413. The molecule has 2 rings (SSSR count). The van der Waals surface area contributed by atoms with Gasteiger partial charge in [0, 0.05) is 37.9 Å². The molecule has 0 unspecified atom stereocenters. The number of hydrogen-bond acceptors (Lipinski definition) is 4. The second-order valence-electron chi connectivity index (χ2n) is 3.73. The van der Waals surface area contributed by atoms with Crippen molar-refractivity contribution in [1.82, 2.24) is 5.32 Å². The first-order valence-corrected chi connectivity index (χ1v) is 5.39. The third kappa shape index (κ3) is 2.10. The molecule has 0 atom stereocenters. The third-order valence-corrected chi connectivity index (χ3v) is 2.79. The molecule has 1 aliphatic rings. The number of nitrogens with zero attached hydrogens (tertiary/aromatic N) is 2. The average Bonchev–Trinajstić information content (AvgIpc) is 2.39. The number of anilines is 1. The SMILES string of the molecule is COc1cc(N2CCNCC2)ccc1C#N. The van der Waals surface area contributed by atoms with E-state index in [-0.39, 0.29) is 0 Å². The van der Waals surface area contributed by atoms with Crippen molar-refractivity contribution in [3.05, 3.63) is 23.8 Å². The van der Waals surface area contributed by atoms with Crippen molar-refractivity contribution in [2.75, 3.05) is 38.2 Å². The largest absolute Gasteiger partial charge is 0.495 e. The highest BCUT2D eigenvalue weighted by Crippen LogP contribution is 2.25. The van der Waals surface area contributed by atoms with Gasteiger partial charge in [-0.1, -0.05) is 0 Å². The smallest absolute Gasteiger partial charge is 0.138 e. The van der Waals surface area contributed by atoms with Crippen molar-refractivity contribution >= 4 is 5.69 Å². The van der Waals surface area contributed by atoms with Crippen molar-refractivity contribution in [3.8, 4) is 11.8 Å². The normalized spacial score (nSPS) is 15.6. The minimum Gasteiger partial charge on any atom is -0.495 e. The molecule has 0 spiro atoms. The van der Waals surface area contributed by atoms with Gasteiger partial charge in [-0.15, -0.1) is 0 Å². The van der Waals surface area contributed by atoms with Gasteiger partial charge in [0.15, 0.2) is 0 Å². The zero-order valence-electron chi connectivity index (χ0n) is 9.36. The van der Waals surface area contributed by atoms with Gasteiger partial charge in [0.25, 0.3) is 0 Å². The van der Waals surface area contributed by atoms with Crippen LogP contribution in [0, 0.1) is 11.3 Å². The summed E-state index contributed by atoms with van der Waals surface area (Å²) in [6, 6.07) is 7.85. The van der Waals surface area contributed by atoms with E-state index in [1.165, 1.54) is 0 Å². The van der Waals surface area contributed by atoms with Crippen LogP contribution in [-0.4, -0.2) is 33.3 Å². The lowest BCUT2D eigenvalue weighted by Crippen LogP contribution is -2.43. The van der Waals surface area contributed by atoms with Gasteiger partial charge in [-0.25, -0.2) is 0 Å². The molecule has 1 heterocycles. The molecule has 0 aliphatic carbocycles. The molecular formula is C12H15N3O. The Bertz CT molecular complexity index is 405. The van der Waals surface area contributed by atoms with Gasteiger partial charge in [-0.05, 0) is 12.1 Å². The number of hydrogen-bond donors (Lipinski definition) is 1. The summed E-state index contributed by atoms with van der Waals surface area (Å²) in [6.07, 6.45) is 0. The molecule has 4 heteroatoms. The molecule has 1 aliphatic heterocycles. The predicted octanol–water partition coefficient (Wildman–Crippen LogP) is 0.976. The molecule has 4 nitrogen and oxygen atoms in total. The first-order valence-electron chi connectivity index (χ1n) is 5.39. The van der Waals surface area contributed by atoms with E-state index in [1.807, 2.05) is 18.2 Å². The predicted molar refractivity (Wildman–Crippen MR) is 62.8 cm³/mol. The zero-order chi connectivity index (χ0) is 11.4. The van der Waals surface area contributed by atoms with Crippen LogP contribution in [0.3, 0.4) is 0 Å². The van der Waals surface area contributed by atoms with E-state index in [1.54, 1.807) is 7.11 Å². The van der Waals surface area contributed by atoms with Crippen LogP contribution in [0.5, 0.6) is 5.75 Å². The van der Waals surface area contributed by atoms with E-state index in [2.05, 4.69) is 16.3 Å². The standard InChI is InChI=1S/C12H15N3O/c1-16-12-8-11(3-2-10(12)9-13)15-6-4-14-5-7-15/h2-3,8,14H,4-7H2,1H3. The Balaban J connectivity index is 2.25. The molecule has 0 bridgehead atoms. The average molecular weight is 217 g/mol. The molecule has 0 amide bonds. The number of nitrogens with one attached hydrogen (secondary N) is 1. The van der Waals surface area contributed by atoms with Crippen LogP contribution in [0.15, 0.2) is 18.2 Å². The van der Waals surface area contributed by atoms with Gasteiger partial charge >= 0.3 is 0 Å². The van der Waals surface area contributed by atoms with E-state index in [9.17, 15) is 0 Å². The summed E-state index contributed by atoms with van der Waals surface area (Å²) in [6.45, 7) is 3.99. The van der Waals surface area contributed by atoms with Gasteiger partial charge in [0.2, 0.25) is 0 Å². The summed E-state index contributed by atoms with van der Waals surface area (Å²) in [5, 5.41) is 12.2. The quantitative estimate of drug-likeness (QED) is 0.802. The molecule has 0 radical (unpaired) electrons. The van der Waals surface area contributed by atoms with Crippen molar-refractivity contribution in [2.45, 2.75) is 0 Å². The summed E-state index contributed by atoms with van der Waals surface area (Å²) >= 11 is 0. The fourth-order valence-electron chi connectivity index (χ4n) is 1.89. The second-order valence-corrected chi connectivity index (χ2v) is 3.73. The van der Waals surface area contributed by atoms with E-state index >= 15 is 0 Å². The Kier molecular flexibility index (Phi) is 3.28. The first kappa shape index (κ1) is 10.8. The molecule has 16 heavy (non-hydrogen) atoms. The number of benzene rings is 1. The number of methoxy groups -OCH3 is 1. The Labute approximate surface area is 95.4 Å². The monoisotopic (exact) mass is 217 g/mol. The van der Waals surface area contributed by atoms with Crippen LogP contribution in [0.25, 0.3) is 0 Å². The fraction of sp³-hybridized carbons (Fsp3) is 0.417. The molecular weight excluding hydrogens is 202 g/mol. The van der Waals surface area contributed by atoms with Crippen LogP contribution in [0.1, 0.15) is 5.56 Å². The van der Waals surface area contributed by atoms with E-state index in [4.69, 9.17) is 10.00 Å². The van der Waals surface area contributed by atoms with Gasteiger partial charge in [0.1, 0.15) is 11.8 Å². The zero-order valence-corrected chi connectivity index (χ0v) is 9.36. The van der Waals surface area contributed by atoms with Gasteiger partial charge in [0.05, 0.1) is 12.7 Å². The maximum atomic E-state index is 8.90. The van der Waals surface area contributed by atoms with Crippen molar-refractivity contribution < 1.29 is 4.74 Å². The minimum absolute atomic E-state index is 0.585. The molecule has 0 saturated carbocycles. The maximum absolute atomic E-state index is 8.90. The fourth-order valence-corrected chi connectivity index (χ4v) is 1.89.